The molecular formula is C15H16N2O5. The Morgan fingerprint density at radius 1 is 1.00 bits per heavy atom. The van der Waals surface area contributed by atoms with E-state index in [0.29, 0.717) is 22.3 Å². The SMILES string of the molecule is COc1ccc2c(C(O)(C(N)=O)C(N)=O)ccc(OC)c2c1. The lowest BCUT2D eigenvalue weighted by Crippen LogP contribution is -2.51. The van der Waals surface area contributed by atoms with Crippen molar-refractivity contribution in [2.24, 2.45) is 11.5 Å². The van der Waals surface area contributed by atoms with Gasteiger partial charge in [0, 0.05) is 10.9 Å². The molecule has 22 heavy (non-hydrogen) atoms. The van der Waals surface area contributed by atoms with Gasteiger partial charge in [-0.3, -0.25) is 9.59 Å². The summed E-state index contributed by atoms with van der Waals surface area (Å²) in [5.41, 5.74) is 7.73. The highest BCUT2D eigenvalue weighted by Crippen LogP contribution is 2.36. The van der Waals surface area contributed by atoms with Crippen molar-refractivity contribution in [3.63, 3.8) is 0 Å². The number of methoxy groups -OCH3 is 2. The second-order valence-electron chi connectivity index (χ2n) is 4.67. The summed E-state index contributed by atoms with van der Waals surface area (Å²) < 4.78 is 10.4. The number of fused-ring (bicyclic) bond motifs is 1. The summed E-state index contributed by atoms with van der Waals surface area (Å²) in [7, 11) is 2.98. The molecule has 2 rings (SSSR count). The summed E-state index contributed by atoms with van der Waals surface area (Å²) in [6, 6.07) is 7.74. The summed E-state index contributed by atoms with van der Waals surface area (Å²) in [6.45, 7) is 0. The first-order valence-corrected chi connectivity index (χ1v) is 6.33. The van der Waals surface area contributed by atoms with Gasteiger partial charge in [0.05, 0.1) is 14.2 Å². The highest BCUT2D eigenvalue weighted by atomic mass is 16.5. The molecule has 0 saturated heterocycles. The van der Waals surface area contributed by atoms with Gasteiger partial charge in [-0.15, -0.1) is 0 Å². The molecule has 7 nitrogen and oxygen atoms in total. The number of carbonyl (C=O) groups is 2. The fourth-order valence-electron chi connectivity index (χ4n) is 2.31. The first-order chi connectivity index (χ1) is 10.4. The Labute approximate surface area is 126 Å². The van der Waals surface area contributed by atoms with Crippen molar-refractivity contribution in [1.82, 2.24) is 0 Å². The third kappa shape index (κ3) is 2.21. The van der Waals surface area contributed by atoms with Gasteiger partial charge in [-0.05, 0) is 23.6 Å². The third-order valence-electron chi connectivity index (χ3n) is 3.51. The van der Waals surface area contributed by atoms with Crippen molar-refractivity contribution >= 4 is 22.6 Å². The van der Waals surface area contributed by atoms with E-state index in [9.17, 15) is 14.7 Å². The maximum atomic E-state index is 11.6. The highest BCUT2D eigenvalue weighted by Gasteiger charge is 2.44. The molecule has 7 heteroatoms. The zero-order valence-corrected chi connectivity index (χ0v) is 12.1. The van der Waals surface area contributed by atoms with E-state index in [0.717, 1.165) is 0 Å². The number of hydrogen-bond donors (Lipinski definition) is 3. The van der Waals surface area contributed by atoms with Crippen LogP contribution in [-0.2, 0) is 15.2 Å². The van der Waals surface area contributed by atoms with E-state index in [2.05, 4.69) is 0 Å². The van der Waals surface area contributed by atoms with E-state index >= 15 is 0 Å². The zero-order valence-electron chi connectivity index (χ0n) is 12.1. The average Bonchev–Trinajstić information content (AvgIpc) is 2.51. The molecule has 2 aromatic carbocycles. The number of amides is 2. The predicted octanol–water partition coefficient (Wildman–Crippen LogP) is 0.0152. The van der Waals surface area contributed by atoms with Crippen LogP contribution < -0.4 is 20.9 Å². The molecule has 116 valence electrons. The van der Waals surface area contributed by atoms with Crippen LogP contribution in [0.4, 0.5) is 0 Å². The maximum absolute atomic E-state index is 11.6. The lowest BCUT2D eigenvalue weighted by molar-refractivity contribution is -0.150. The molecule has 2 aromatic rings. The normalized spacial score (nSPS) is 11.2. The van der Waals surface area contributed by atoms with E-state index in [-0.39, 0.29) is 5.56 Å². The van der Waals surface area contributed by atoms with Crippen LogP contribution in [0.3, 0.4) is 0 Å². The van der Waals surface area contributed by atoms with Crippen molar-refractivity contribution in [3.05, 3.63) is 35.9 Å². The van der Waals surface area contributed by atoms with E-state index in [1.54, 1.807) is 18.2 Å². The molecule has 0 fully saturated rings. The molecule has 0 bridgehead atoms. The van der Waals surface area contributed by atoms with Crippen LogP contribution in [0.5, 0.6) is 11.5 Å². The smallest absolute Gasteiger partial charge is 0.264 e. The van der Waals surface area contributed by atoms with Crippen molar-refractivity contribution < 1.29 is 24.2 Å². The first kappa shape index (κ1) is 15.6. The molecule has 0 heterocycles. The van der Waals surface area contributed by atoms with Gasteiger partial charge in [0.1, 0.15) is 11.5 Å². The molecule has 0 unspecified atom stereocenters. The molecule has 0 aromatic heterocycles. The molecule has 0 saturated carbocycles. The van der Waals surface area contributed by atoms with E-state index in [4.69, 9.17) is 20.9 Å². The number of benzene rings is 2. The summed E-state index contributed by atoms with van der Waals surface area (Å²) >= 11 is 0. The number of ether oxygens (including phenoxy) is 2. The fraction of sp³-hybridized carbons (Fsp3) is 0.200. The van der Waals surface area contributed by atoms with Gasteiger partial charge in [-0.2, -0.15) is 0 Å². The van der Waals surface area contributed by atoms with Crippen LogP contribution in [0, 0.1) is 0 Å². The first-order valence-electron chi connectivity index (χ1n) is 6.33. The second kappa shape index (κ2) is 5.53. The van der Waals surface area contributed by atoms with Crippen molar-refractivity contribution in [2.75, 3.05) is 14.2 Å². The van der Waals surface area contributed by atoms with Crippen LogP contribution in [0.25, 0.3) is 10.8 Å². The highest BCUT2D eigenvalue weighted by molar-refractivity contribution is 6.11. The average molecular weight is 304 g/mol. The summed E-state index contributed by atoms with van der Waals surface area (Å²) in [6.07, 6.45) is 0. The van der Waals surface area contributed by atoms with Crippen molar-refractivity contribution in [2.45, 2.75) is 5.60 Å². The minimum absolute atomic E-state index is 0.00838. The monoisotopic (exact) mass is 304 g/mol. The Morgan fingerprint density at radius 2 is 1.64 bits per heavy atom. The van der Waals surface area contributed by atoms with E-state index in [1.165, 1.54) is 26.4 Å². The van der Waals surface area contributed by atoms with Gasteiger partial charge < -0.3 is 26.0 Å². The summed E-state index contributed by atoms with van der Waals surface area (Å²) in [5, 5.41) is 11.3. The van der Waals surface area contributed by atoms with Gasteiger partial charge in [0.25, 0.3) is 11.8 Å². The molecule has 2 amide bonds. The van der Waals surface area contributed by atoms with Gasteiger partial charge in [-0.1, -0.05) is 12.1 Å². The van der Waals surface area contributed by atoms with Crippen LogP contribution in [0.2, 0.25) is 0 Å². The minimum atomic E-state index is -2.61. The molecule has 5 N–H and O–H groups in total. The molecule has 0 spiro atoms. The third-order valence-corrected chi connectivity index (χ3v) is 3.51. The van der Waals surface area contributed by atoms with Crippen molar-refractivity contribution in [1.29, 1.82) is 0 Å². The van der Waals surface area contributed by atoms with E-state index in [1.807, 2.05) is 0 Å². The van der Waals surface area contributed by atoms with Gasteiger partial charge in [0.2, 0.25) is 5.60 Å². The Bertz CT molecular complexity index is 743. The Hall–Kier alpha value is -2.80. The van der Waals surface area contributed by atoms with Crippen LogP contribution in [-0.4, -0.2) is 31.1 Å². The molecule has 0 atom stereocenters. The summed E-state index contributed by atoms with van der Waals surface area (Å²) in [5.74, 6) is -1.47. The topological polar surface area (TPSA) is 125 Å². The maximum Gasteiger partial charge on any atom is 0.264 e. The van der Waals surface area contributed by atoms with Crippen LogP contribution >= 0.6 is 0 Å². The van der Waals surface area contributed by atoms with Crippen LogP contribution in [0.1, 0.15) is 5.56 Å². The van der Waals surface area contributed by atoms with Gasteiger partial charge >= 0.3 is 0 Å². The Balaban J connectivity index is 2.86. The lowest BCUT2D eigenvalue weighted by Gasteiger charge is -2.23. The number of nitrogens with two attached hydrogens (primary N) is 2. The summed E-state index contributed by atoms with van der Waals surface area (Å²) in [4.78, 5) is 23.2. The second-order valence-corrected chi connectivity index (χ2v) is 4.67. The number of rotatable bonds is 5. The fourth-order valence-corrected chi connectivity index (χ4v) is 2.31. The number of hydrogen-bond acceptors (Lipinski definition) is 5. The molecule has 0 aliphatic heterocycles. The largest absolute Gasteiger partial charge is 0.497 e. The number of primary amides is 2. The van der Waals surface area contributed by atoms with Gasteiger partial charge in [0.15, 0.2) is 0 Å². The predicted molar refractivity (Wildman–Crippen MR) is 79.3 cm³/mol. The standard InChI is InChI=1S/C15H16N2O5/c1-21-8-3-4-9-10(7-8)12(22-2)6-5-11(9)15(20,13(16)18)14(17)19/h3-7,20H,1-2H3,(H2,16,18)(H2,17,19). The molecule has 0 aliphatic carbocycles. The minimum Gasteiger partial charge on any atom is -0.497 e. The lowest BCUT2D eigenvalue weighted by atomic mass is 9.87. The van der Waals surface area contributed by atoms with Crippen molar-refractivity contribution in [3.8, 4) is 11.5 Å². The van der Waals surface area contributed by atoms with E-state index < -0.39 is 17.4 Å². The number of carbonyl (C=O) groups excluding carboxylic acids is 2. The molecular weight excluding hydrogens is 288 g/mol. The van der Waals surface area contributed by atoms with Gasteiger partial charge in [-0.25, -0.2) is 0 Å². The van der Waals surface area contributed by atoms with Crippen LogP contribution in [0.15, 0.2) is 30.3 Å². The Morgan fingerprint density at radius 3 is 2.14 bits per heavy atom. The number of aliphatic hydroxyl groups is 1. The molecule has 0 radical (unpaired) electrons. The Kier molecular flexibility index (Phi) is 3.92. The molecule has 0 aliphatic rings. The quantitative estimate of drug-likeness (QED) is 0.671. The zero-order chi connectivity index (χ0) is 16.5.